The summed E-state index contributed by atoms with van der Waals surface area (Å²) in [5.41, 5.74) is -0.127. The van der Waals surface area contributed by atoms with Gasteiger partial charge in [-0.05, 0) is 19.1 Å². The Kier molecular flexibility index (Phi) is 4.91. The van der Waals surface area contributed by atoms with E-state index in [0.29, 0.717) is 18.3 Å². The van der Waals surface area contributed by atoms with Crippen molar-refractivity contribution >= 4 is 28.2 Å². The topological polar surface area (TPSA) is 89.9 Å². The highest BCUT2D eigenvalue weighted by Crippen LogP contribution is 2.37. The zero-order chi connectivity index (χ0) is 17.2. The molecule has 1 atom stereocenters. The summed E-state index contributed by atoms with van der Waals surface area (Å²) in [6.07, 6.45) is 1.65. The first-order chi connectivity index (χ1) is 11.4. The molecule has 0 aliphatic carbocycles. The summed E-state index contributed by atoms with van der Waals surface area (Å²) in [4.78, 5) is 4.48. The van der Waals surface area contributed by atoms with Gasteiger partial charge in [0.1, 0.15) is 5.76 Å². The maximum Gasteiger partial charge on any atom is 0.239 e. The van der Waals surface area contributed by atoms with Gasteiger partial charge in [0, 0.05) is 5.41 Å². The number of thioether (sulfide) groups is 1. The van der Waals surface area contributed by atoms with Crippen LogP contribution in [0.15, 0.2) is 31.7 Å². The molecule has 0 aromatic carbocycles. The number of nitrogens with one attached hydrogen (secondary N) is 1. The standard InChI is InChI=1S/C15H19N5O2S2/c1-9(11-17-12(20-22-11)15(2,3)4)23-14-19-18-13(24-14)16-8-10-6-5-7-21-10/h5-7,9H,8H2,1-4H3,(H,16,18). The zero-order valence-electron chi connectivity index (χ0n) is 13.9. The average Bonchev–Trinajstić information content (AvgIpc) is 3.26. The largest absolute Gasteiger partial charge is 0.467 e. The van der Waals surface area contributed by atoms with Gasteiger partial charge in [-0.3, -0.25) is 0 Å². The lowest BCUT2D eigenvalue weighted by Crippen LogP contribution is -2.13. The fourth-order valence-corrected chi connectivity index (χ4v) is 3.73. The van der Waals surface area contributed by atoms with Gasteiger partial charge in [-0.25, -0.2) is 0 Å². The summed E-state index contributed by atoms with van der Waals surface area (Å²) in [5.74, 6) is 2.17. The van der Waals surface area contributed by atoms with E-state index in [0.717, 1.165) is 15.2 Å². The van der Waals surface area contributed by atoms with E-state index in [1.165, 1.54) is 11.3 Å². The van der Waals surface area contributed by atoms with Crippen molar-refractivity contribution in [1.29, 1.82) is 0 Å². The van der Waals surface area contributed by atoms with Crippen LogP contribution in [0.25, 0.3) is 0 Å². The third kappa shape index (κ3) is 4.15. The maximum absolute atomic E-state index is 5.37. The second-order valence-electron chi connectivity index (χ2n) is 6.27. The Labute approximate surface area is 148 Å². The molecule has 3 heterocycles. The molecular formula is C15H19N5O2S2. The molecule has 0 amide bonds. The molecule has 3 aromatic heterocycles. The quantitative estimate of drug-likeness (QED) is 0.647. The second kappa shape index (κ2) is 6.94. The van der Waals surface area contributed by atoms with Gasteiger partial charge in [0.05, 0.1) is 18.1 Å². The van der Waals surface area contributed by atoms with Crippen LogP contribution in [0.4, 0.5) is 5.13 Å². The van der Waals surface area contributed by atoms with E-state index >= 15 is 0 Å². The van der Waals surface area contributed by atoms with E-state index in [9.17, 15) is 0 Å². The van der Waals surface area contributed by atoms with Crippen molar-refractivity contribution in [3.63, 3.8) is 0 Å². The van der Waals surface area contributed by atoms with Crippen molar-refractivity contribution < 1.29 is 8.94 Å². The lowest BCUT2D eigenvalue weighted by molar-refractivity contribution is 0.364. The molecule has 9 heteroatoms. The summed E-state index contributed by atoms with van der Waals surface area (Å²) in [6, 6.07) is 3.77. The van der Waals surface area contributed by atoms with E-state index in [4.69, 9.17) is 8.94 Å². The first-order valence-corrected chi connectivity index (χ1v) is 9.22. The number of rotatable bonds is 6. The molecule has 0 spiro atoms. The number of hydrogen-bond donors (Lipinski definition) is 1. The molecule has 0 radical (unpaired) electrons. The molecule has 0 saturated carbocycles. The van der Waals surface area contributed by atoms with Crippen molar-refractivity contribution in [2.75, 3.05) is 5.32 Å². The van der Waals surface area contributed by atoms with Crippen molar-refractivity contribution in [2.24, 2.45) is 0 Å². The van der Waals surface area contributed by atoms with Crippen LogP contribution in [0.2, 0.25) is 0 Å². The lowest BCUT2D eigenvalue weighted by atomic mass is 9.96. The predicted octanol–water partition coefficient (Wildman–Crippen LogP) is 4.28. The molecule has 128 valence electrons. The fourth-order valence-electron chi connectivity index (χ4n) is 1.81. The van der Waals surface area contributed by atoms with Crippen LogP contribution < -0.4 is 5.32 Å². The molecule has 24 heavy (non-hydrogen) atoms. The summed E-state index contributed by atoms with van der Waals surface area (Å²) < 4.78 is 11.5. The Morgan fingerprint density at radius 1 is 1.33 bits per heavy atom. The summed E-state index contributed by atoms with van der Waals surface area (Å²) in [7, 11) is 0. The maximum atomic E-state index is 5.37. The number of anilines is 1. The molecule has 0 bridgehead atoms. The number of aromatic nitrogens is 4. The van der Waals surface area contributed by atoms with E-state index < -0.39 is 0 Å². The monoisotopic (exact) mass is 365 g/mol. The minimum Gasteiger partial charge on any atom is -0.467 e. The second-order valence-corrected chi connectivity index (χ2v) is 8.84. The summed E-state index contributed by atoms with van der Waals surface area (Å²) >= 11 is 3.04. The predicted molar refractivity (Wildman–Crippen MR) is 93.2 cm³/mol. The molecule has 3 aromatic rings. The smallest absolute Gasteiger partial charge is 0.239 e. The number of furan rings is 1. The van der Waals surface area contributed by atoms with Gasteiger partial charge >= 0.3 is 0 Å². The summed E-state index contributed by atoms with van der Waals surface area (Å²) in [5, 5.41) is 16.3. The highest BCUT2D eigenvalue weighted by molar-refractivity contribution is 8.01. The zero-order valence-corrected chi connectivity index (χ0v) is 15.6. The van der Waals surface area contributed by atoms with Crippen molar-refractivity contribution in [3.05, 3.63) is 35.9 Å². The van der Waals surface area contributed by atoms with Gasteiger partial charge in [0.2, 0.25) is 11.0 Å². The highest BCUT2D eigenvalue weighted by Gasteiger charge is 2.24. The Morgan fingerprint density at radius 2 is 2.17 bits per heavy atom. The Bertz CT molecular complexity index is 776. The van der Waals surface area contributed by atoms with Gasteiger partial charge in [0.25, 0.3) is 0 Å². The molecule has 0 fully saturated rings. The van der Waals surface area contributed by atoms with E-state index in [-0.39, 0.29) is 10.7 Å². The van der Waals surface area contributed by atoms with Crippen molar-refractivity contribution in [1.82, 2.24) is 20.3 Å². The highest BCUT2D eigenvalue weighted by atomic mass is 32.2. The first kappa shape index (κ1) is 17.0. The van der Waals surface area contributed by atoms with Gasteiger partial charge < -0.3 is 14.3 Å². The van der Waals surface area contributed by atoms with Crippen LogP contribution in [0.5, 0.6) is 0 Å². The minimum atomic E-state index is -0.127. The molecule has 3 rings (SSSR count). The molecule has 7 nitrogen and oxygen atoms in total. The van der Waals surface area contributed by atoms with Gasteiger partial charge in [-0.2, -0.15) is 4.98 Å². The van der Waals surface area contributed by atoms with Crippen LogP contribution in [0.3, 0.4) is 0 Å². The molecule has 1 unspecified atom stereocenters. The molecule has 0 aliphatic rings. The van der Waals surface area contributed by atoms with Crippen LogP contribution >= 0.6 is 23.1 Å². The number of hydrogen-bond acceptors (Lipinski definition) is 9. The van der Waals surface area contributed by atoms with E-state index in [2.05, 4.69) is 46.4 Å². The lowest BCUT2D eigenvalue weighted by Gasteiger charge is -2.11. The normalized spacial score (nSPS) is 13.2. The third-order valence-electron chi connectivity index (χ3n) is 3.14. The SMILES string of the molecule is CC(Sc1nnc(NCc2ccco2)s1)c1nc(C(C)(C)C)no1. The average molecular weight is 365 g/mol. The molecule has 0 aliphatic heterocycles. The van der Waals surface area contributed by atoms with Crippen LogP contribution in [-0.4, -0.2) is 20.3 Å². The Balaban J connectivity index is 1.58. The van der Waals surface area contributed by atoms with Gasteiger partial charge in [0.15, 0.2) is 10.2 Å². The van der Waals surface area contributed by atoms with Crippen LogP contribution in [0, 0.1) is 0 Å². The van der Waals surface area contributed by atoms with E-state index in [1.807, 2.05) is 19.1 Å². The first-order valence-electron chi connectivity index (χ1n) is 7.52. The van der Waals surface area contributed by atoms with Crippen molar-refractivity contribution in [2.45, 2.75) is 49.2 Å². The summed E-state index contributed by atoms with van der Waals surface area (Å²) in [6.45, 7) is 8.77. The minimum absolute atomic E-state index is 0.0134. The Hall–Kier alpha value is -1.87. The fraction of sp³-hybridized carbons (Fsp3) is 0.467. The Morgan fingerprint density at radius 3 is 2.83 bits per heavy atom. The van der Waals surface area contributed by atoms with Gasteiger partial charge in [-0.15, -0.1) is 10.2 Å². The molecule has 0 saturated heterocycles. The third-order valence-corrected chi connectivity index (χ3v) is 5.19. The van der Waals surface area contributed by atoms with Crippen LogP contribution in [-0.2, 0) is 12.0 Å². The molecular weight excluding hydrogens is 346 g/mol. The van der Waals surface area contributed by atoms with E-state index in [1.54, 1.807) is 18.0 Å². The van der Waals surface area contributed by atoms with Crippen LogP contribution in [0.1, 0.15) is 50.4 Å². The molecule has 1 N–H and O–H groups in total. The van der Waals surface area contributed by atoms with Crippen molar-refractivity contribution in [3.8, 4) is 0 Å². The van der Waals surface area contributed by atoms with Gasteiger partial charge in [-0.1, -0.05) is 49.0 Å². The number of nitrogens with zero attached hydrogens (tertiary/aromatic N) is 4.